The van der Waals surface area contributed by atoms with Crippen LogP contribution in [0.3, 0.4) is 0 Å². The zero-order valence-corrected chi connectivity index (χ0v) is 51.3. The first-order valence-electron chi connectivity index (χ1n) is 32.7. The van der Waals surface area contributed by atoms with E-state index in [-0.39, 0.29) is 0 Å². The van der Waals surface area contributed by atoms with E-state index in [0.29, 0.717) is 0 Å². The number of unbranched alkanes of at least 4 members (excludes halogenated alkanes) is 52. The Hall–Kier alpha value is 0.529. The second-order valence-corrected chi connectivity index (χ2v) is 29.5. The first-order chi connectivity index (χ1) is 34.7. The Bertz CT molecular complexity index is 878. The van der Waals surface area contributed by atoms with E-state index >= 15 is 0 Å². The summed E-state index contributed by atoms with van der Waals surface area (Å²) in [6.45, 7) is 9.34. The van der Waals surface area contributed by atoms with Crippen molar-refractivity contribution in [1.82, 2.24) is 0 Å². The first-order valence-corrected chi connectivity index (χ1v) is 37.4. The summed E-state index contributed by atoms with van der Waals surface area (Å²) in [5.41, 5.74) is 0. The third-order valence-electron chi connectivity index (χ3n) is 15.1. The second kappa shape index (κ2) is 53.5. The standard InChI is InChI=1S/4C16H33.Cu.F6P/c4*1-3-5-7-9-11-13-15-16-14-12-10-8-6-4-2;;1-7(2,3,4,5)6/h4*1,3-16H2,2H3;;/q;;;;;-1. The van der Waals surface area contributed by atoms with E-state index in [2.05, 4.69) is 27.7 Å². The molecule has 0 nitrogen and oxygen atoms in total. The fourth-order valence-electron chi connectivity index (χ4n) is 10.4. The quantitative estimate of drug-likeness (QED) is 0.0246. The van der Waals surface area contributed by atoms with Crippen molar-refractivity contribution in [3.8, 4) is 0 Å². The van der Waals surface area contributed by atoms with Gasteiger partial charge in [0.05, 0.1) is 0 Å². The molecule has 0 aliphatic carbocycles. The van der Waals surface area contributed by atoms with Crippen molar-refractivity contribution in [1.29, 1.82) is 0 Å². The van der Waals surface area contributed by atoms with Crippen LogP contribution in [0.1, 0.15) is 387 Å². The Labute approximate surface area is 452 Å². The van der Waals surface area contributed by atoms with Gasteiger partial charge in [0.1, 0.15) is 0 Å². The number of hydrogen-bond acceptors (Lipinski definition) is 0. The molecule has 0 N–H and O–H groups in total. The normalized spacial score (nSPS) is 13.3. The van der Waals surface area contributed by atoms with Gasteiger partial charge in [-0.25, -0.2) is 0 Å². The Morgan fingerprint density at radius 3 is 0.347 bits per heavy atom. The van der Waals surface area contributed by atoms with Gasteiger partial charge in [-0.1, -0.05) is 105 Å². The fourth-order valence-corrected chi connectivity index (χ4v) is 15.6. The maximum absolute atomic E-state index is 10.7. The molecule has 0 saturated heterocycles. The SMILES string of the molecule is CCCCCCCCCCCCCCC[CH2][Cu]([CH2]CCCCCCCCCCCCCCC)([CH2]CCCCCCCCCCCCCCC)[CH2]CCCCCCCCCCCCCCC.F[P-](F)(F)(F)(F)F. The molecule has 0 fully saturated rings. The van der Waals surface area contributed by atoms with Crippen LogP contribution >= 0.6 is 7.81 Å². The van der Waals surface area contributed by atoms with E-state index in [1.807, 2.05) is 0 Å². The summed E-state index contributed by atoms with van der Waals surface area (Å²) in [6.07, 6.45) is 83.5. The Morgan fingerprint density at radius 2 is 0.250 bits per heavy atom. The average molecular weight is 1110 g/mol. The van der Waals surface area contributed by atoms with E-state index in [0.717, 1.165) is 0 Å². The third kappa shape index (κ3) is 72.6. The minimum absolute atomic E-state index is 0.392. The van der Waals surface area contributed by atoms with Crippen LogP contribution in [0, 0.1) is 0 Å². The van der Waals surface area contributed by atoms with E-state index < -0.39 is 20.7 Å². The predicted octanol–water partition coefficient (Wildman–Crippen LogP) is 29.1. The van der Waals surface area contributed by atoms with E-state index in [1.165, 1.54) is 334 Å². The van der Waals surface area contributed by atoms with Gasteiger partial charge in [0.15, 0.2) is 0 Å². The van der Waals surface area contributed by atoms with Gasteiger partial charge in [-0.2, -0.15) is 0 Å². The molecular formula is C64H132CuF6P-. The van der Waals surface area contributed by atoms with Crippen LogP contribution < -0.4 is 0 Å². The zero-order valence-electron chi connectivity index (χ0n) is 49.4. The van der Waals surface area contributed by atoms with Crippen LogP contribution in [0.15, 0.2) is 0 Å². The first kappa shape index (κ1) is 74.6. The molecule has 0 radical (unpaired) electrons. The minimum atomic E-state index is -10.7. The van der Waals surface area contributed by atoms with Crippen LogP contribution in [0.5, 0.6) is 0 Å². The zero-order chi connectivity index (χ0) is 53.3. The molecular weight excluding hydrogens is 977 g/mol. The number of rotatable bonds is 60. The van der Waals surface area contributed by atoms with E-state index in [4.69, 9.17) is 0 Å². The summed E-state index contributed by atoms with van der Waals surface area (Å²) in [5.74, 6) is 0. The average Bonchev–Trinajstić information content (AvgIpc) is 3.33. The molecule has 0 amide bonds. The molecule has 447 valence electrons. The van der Waals surface area contributed by atoms with Gasteiger partial charge in [-0.05, 0) is 0 Å². The van der Waals surface area contributed by atoms with Gasteiger partial charge in [-0.15, -0.1) is 0 Å². The summed E-state index contributed by atoms with van der Waals surface area (Å²) in [5, 5.41) is 6.54. The molecule has 0 unspecified atom stereocenters. The van der Waals surface area contributed by atoms with Crippen molar-refractivity contribution >= 4 is 7.81 Å². The number of hydrogen-bond donors (Lipinski definition) is 0. The Balaban J connectivity index is 0. The van der Waals surface area contributed by atoms with Gasteiger partial charge in [-0.3, -0.25) is 0 Å². The summed E-state index contributed by atoms with van der Waals surface area (Å²) in [7, 11) is -10.7. The summed E-state index contributed by atoms with van der Waals surface area (Å²) < 4.78 is 59.2. The molecule has 8 heteroatoms. The van der Waals surface area contributed by atoms with Crippen molar-refractivity contribution < 1.29 is 38.0 Å². The summed E-state index contributed by atoms with van der Waals surface area (Å²) in [4.78, 5) is 0. The molecule has 0 aromatic carbocycles. The van der Waals surface area contributed by atoms with Gasteiger partial charge in [0.2, 0.25) is 0 Å². The molecule has 0 aromatic heterocycles. The molecule has 0 rings (SSSR count). The van der Waals surface area contributed by atoms with Crippen LogP contribution in [0.4, 0.5) is 25.2 Å². The molecule has 0 aliphatic heterocycles. The molecule has 72 heavy (non-hydrogen) atoms. The van der Waals surface area contributed by atoms with E-state index in [9.17, 15) is 25.2 Å². The van der Waals surface area contributed by atoms with Gasteiger partial charge >= 0.3 is 350 Å². The number of halogens is 6. The van der Waals surface area contributed by atoms with E-state index in [1.54, 1.807) is 47.0 Å². The molecule has 0 spiro atoms. The Morgan fingerprint density at radius 1 is 0.167 bits per heavy atom. The maximum atomic E-state index is 9.87. The topological polar surface area (TPSA) is 0 Å². The van der Waals surface area contributed by atoms with Crippen LogP contribution in [-0.2, 0) is 12.8 Å². The van der Waals surface area contributed by atoms with Crippen molar-refractivity contribution in [2.24, 2.45) is 0 Å². The summed E-state index contributed by atoms with van der Waals surface area (Å²) in [6, 6.07) is 0. The Kier molecular flexibility index (Phi) is 55.5. The van der Waals surface area contributed by atoms with Gasteiger partial charge < -0.3 is 0 Å². The molecule has 0 bridgehead atoms. The molecule has 0 atom stereocenters. The van der Waals surface area contributed by atoms with Crippen molar-refractivity contribution in [2.75, 3.05) is 0 Å². The van der Waals surface area contributed by atoms with Crippen molar-refractivity contribution in [3.05, 3.63) is 0 Å². The molecule has 0 aromatic rings. The monoisotopic (exact) mass is 1110 g/mol. The molecule has 0 aliphatic rings. The van der Waals surface area contributed by atoms with Gasteiger partial charge in [0, 0.05) is 0 Å². The van der Waals surface area contributed by atoms with Crippen molar-refractivity contribution in [3.63, 3.8) is 0 Å². The molecule has 0 heterocycles. The second-order valence-electron chi connectivity index (χ2n) is 22.9. The molecule has 0 saturated carbocycles. The van der Waals surface area contributed by atoms with Crippen LogP contribution in [0.2, 0.25) is 21.3 Å². The fraction of sp³-hybridized carbons (Fsp3) is 1.00. The summed E-state index contributed by atoms with van der Waals surface area (Å²) >= 11 is -0.392. The van der Waals surface area contributed by atoms with Crippen LogP contribution in [-0.4, -0.2) is 0 Å². The predicted molar refractivity (Wildman–Crippen MR) is 314 cm³/mol. The van der Waals surface area contributed by atoms with Crippen LogP contribution in [0.25, 0.3) is 0 Å². The van der Waals surface area contributed by atoms with Crippen molar-refractivity contribution in [2.45, 2.75) is 409 Å². The van der Waals surface area contributed by atoms with Gasteiger partial charge in [0.25, 0.3) is 0 Å². The third-order valence-corrected chi connectivity index (χ3v) is 20.4.